The summed E-state index contributed by atoms with van der Waals surface area (Å²) in [5, 5.41) is 25.7. The molecule has 15 heteroatoms. The van der Waals surface area contributed by atoms with Crippen LogP contribution in [0.2, 0.25) is 0 Å². The Bertz CT molecular complexity index is 2730. The number of pyridine rings is 1. The second kappa shape index (κ2) is 14.7. The summed E-state index contributed by atoms with van der Waals surface area (Å²) in [5.74, 6) is 0.866. The lowest BCUT2D eigenvalue weighted by atomic mass is 9.90. The van der Waals surface area contributed by atoms with E-state index in [0.29, 0.717) is 75.1 Å². The zero-order valence-corrected chi connectivity index (χ0v) is 32.2. The summed E-state index contributed by atoms with van der Waals surface area (Å²) in [7, 11) is 0. The number of benzene rings is 4. The molecule has 5 aromatic rings. The molecule has 4 heterocycles. The van der Waals surface area contributed by atoms with E-state index in [0.717, 1.165) is 26.9 Å². The van der Waals surface area contributed by atoms with Crippen LogP contribution < -0.4 is 26.0 Å². The molecule has 1 aliphatic carbocycles. The maximum Gasteiger partial charge on any atom is 0.336 e. The number of rotatable bonds is 10. The Kier molecular flexibility index (Phi) is 9.64. The molecule has 3 aliphatic rings. The highest BCUT2D eigenvalue weighted by Crippen LogP contribution is 2.43. The second-order valence-corrected chi connectivity index (χ2v) is 15.0. The normalized spacial score (nSPS) is 12.2. The van der Waals surface area contributed by atoms with Crippen LogP contribution in [0.15, 0.2) is 98.3 Å². The minimum Gasteiger partial charge on any atom is -0.508 e. The number of thiocarbonyl (C=S) groups is 1. The molecule has 0 amide bonds. The number of imidazole rings is 1. The van der Waals surface area contributed by atoms with Gasteiger partial charge in [-0.3, -0.25) is 4.79 Å². The van der Waals surface area contributed by atoms with Crippen LogP contribution in [-0.2, 0) is 6.54 Å². The third-order valence-corrected chi connectivity index (χ3v) is 11.1. The Morgan fingerprint density at radius 2 is 1.84 bits per heavy atom. The van der Waals surface area contributed by atoms with Crippen molar-refractivity contribution in [2.24, 2.45) is 0 Å². The Balaban J connectivity index is 1.05. The minimum absolute atomic E-state index is 0.0189. The van der Waals surface area contributed by atoms with Crippen molar-refractivity contribution in [1.82, 2.24) is 19.4 Å². The predicted molar refractivity (Wildman–Crippen MR) is 219 cm³/mol. The molecule has 0 atom stereocenters. The lowest BCUT2D eigenvalue weighted by Gasteiger charge is -2.30. The number of ether oxygens (including phenoxy) is 2. The van der Waals surface area contributed by atoms with Gasteiger partial charge in [0.15, 0.2) is 33.0 Å². The van der Waals surface area contributed by atoms with Gasteiger partial charge in [-0.15, -0.1) is 0 Å². The van der Waals surface area contributed by atoms with Gasteiger partial charge in [-0.25, -0.2) is 14.8 Å². The molecule has 0 saturated heterocycles. The van der Waals surface area contributed by atoms with E-state index < -0.39 is 5.97 Å². The quantitative estimate of drug-likeness (QED) is 0.0774. The molecule has 8 rings (SSSR count). The van der Waals surface area contributed by atoms with E-state index in [1.54, 1.807) is 36.5 Å². The highest BCUT2D eigenvalue weighted by Gasteiger charge is 2.24. The number of phenols is 1. The SMILES string of the molecule is Cc1cc2c(cc1Sc1nc3c(N)nccc3n1CCCN(C(=S)Nc1ccc(-c3c4ccc(=O)cc-4oc4cc(O)ccc34)c(C(=O)O)c1)C(C)C)OCO2. The number of hydrogen-bond donors (Lipinski definition) is 4. The first-order chi connectivity index (χ1) is 26.9. The fourth-order valence-corrected chi connectivity index (χ4v) is 8.37. The van der Waals surface area contributed by atoms with E-state index >= 15 is 0 Å². The van der Waals surface area contributed by atoms with Crippen molar-refractivity contribution in [2.45, 2.75) is 49.8 Å². The summed E-state index contributed by atoms with van der Waals surface area (Å²) in [6.07, 6.45) is 2.37. The largest absolute Gasteiger partial charge is 0.508 e. The third-order valence-electron chi connectivity index (χ3n) is 9.64. The molecule has 0 fully saturated rings. The second-order valence-electron chi connectivity index (χ2n) is 13.6. The van der Waals surface area contributed by atoms with Crippen molar-refractivity contribution in [1.29, 1.82) is 0 Å². The maximum absolute atomic E-state index is 12.8. The summed E-state index contributed by atoms with van der Waals surface area (Å²) in [4.78, 5) is 37.2. The molecule has 2 aromatic heterocycles. The van der Waals surface area contributed by atoms with Gasteiger partial charge in [-0.1, -0.05) is 17.8 Å². The van der Waals surface area contributed by atoms with Crippen LogP contribution in [0, 0.1) is 6.92 Å². The first-order valence-corrected chi connectivity index (χ1v) is 19.0. The monoisotopic (exact) mass is 788 g/mol. The number of aromatic nitrogens is 3. The van der Waals surface area contributed by atoms with Gasteiger partial charge in [0, 0.05) is 64.6 Å². The molecule has 2 aliphatic heterocycles. The summed E-state index contributed by atoms with van der Waals surface area (Å²) < 4.78 is 19.3. The number of anilines is 2. The van der Waals surface area contributed by atoms with Gasteiger partial charge in [-0.2, -0.15) is 0 Å². The number of carbonyl (C=O) groups is 1. The zero-order chi connectivity index (χ0) is 39.2. The molecule has 13 nitrogen and oxygen atoms in total. The van der Waals surface area contributed by atoms with Gasteiger partial charge in [0.1, 0.15) is 22.6 Å². The molecule has 0 bridgehead atoms. The fourth-order valence-electron chi connectivity index (χ4n) is 6.93. The maximum atomic E-state index is 12.8. The first kappa shape index (κ1) is 36.6. The summed E-state index contributed by atoms with van der Waals surface area (Å²) >= 11 is 7.45. The average Bonchev–Trinajstić information content (AvgIpc) is 3.76. The van der Waals surface area contributed by atoms with Gasteiger partial charge in [0.25, 0.3) is 0 Å². The lowest BCUT2D eigenvalue weighted by molar-refractivity contribution is 0.0697. The van der Waals surface area contributed by atoms with E-state index in [1.807, 2.05) is 39.0 Å². The van der Waals surface area contributed by atoms with Crippen molar-refractivity contribution in [3.8, 4) is 39.7 Å². The van der Waals surface area contributed by atoms with Crippen LogP contribution in [0.5, 0.6) is 17.2 Å². The van der Waals surface area contributed by atoms with Crippen molar-refractivity contribution in [3.05, 3.63) is 100 Å². The molecule has 0 saturated carbocycles. The van der Waals surface area contributed by atoms with Gasteiger partial charge >= 0.3 is 5.97 Å². The summed E-state index contributed by atoms with van der Waals surface area (Å²) in [6, 6.07) is 19.9. The van der Waals surface area contributed by atoms with Crippen LogP contribution in [0.1, 0.15) is 36.2 Å². The number of fused-ring (bicyclic) bond motifs is 4. The Morgan fingerprint density at radius 1 is 1.05 bits per heavy atom. The molecule has 0 radical (unpaired) electrons. The Morgan fingerprint density at radius 3 is 2.62 bits per heavy atom. The van der Waals surface area contributed by atoms with Crippen molar-refractivity contribution in [3.63, 3.8) is 0 Å². The fraction of sp³-hybridized carbons (Fsp3) is 0.195. The third kappa shape index (κ3) is 6.90. The molecule has 56 heavy (non-hydrogen) atoms. The number of aromatic hydroxyl groups is 1. The van der Waals surface area contributed by atoms with Gasteiger partial charge < -0.3 is 44.6 Å². The Labute approximate surface area is 330 Å². The molecular weight excluding hydrogens is 753 g/mol. The van der Waals surface area contributed by atoms with Crippen LogP contribution in [0.25, 0.3) is 44.5 Å². The number of carboxylic acid groups (broad SMARTS) is 1. The number of nitrogens with zero attached hydrogens (tertiary/aromatic N) is 4. The van der Waals surface area contributed by atoms with Crippen LogP contribution in [0.4, 0.5) is 11.5 Å². The molecule has 0 spiro atoms. The van der Waals surface area contributed by atoms with E-state index in [1.165, 1.54) is 36.0 Å². The molecule has 284 valence electrons. The standard InChI is InChI=1S/C41H36N6O7S2/c1-21(2)46(13-4-14-47-30-11-12-43-38(42)37(30)45-41(47)56-35-19-34-33(15-22(35)3)52-20-53-34)40(55)44-23-5-8-26(29(16-23)39(50)51)36-27-9-6-24(48)17-31(27)54-32-18-25(49)7-10-28(32)36/h5-12,15-19,21,48H,4,13-14,20H2,1-3H3,(H2,42,43)(H,44,55)(H,50,51). The number of nitrogen functional groups attached to an aromatic ring is 1. The van der Waals surface area contributed by atoms with Crippen molar-refractivity contribution >= 4 is 68.6 Å². The molecular formula is C41H36N6O7S2. The van der Waals surface area contributed by atoms with Crippen LogP contribution >= 0.6 is 24.0 Å². The number of aryl methyl sites for hydroxylation is 2. The summed E-state index contributed by atoms with van der Waals surface area (Å²) in [6.45, 7) is 7.49. The van der Waals surface area contributed by atoms with Gasteiger partial charge in [-0.05, 0) is 105 Å². The van der Waals surface area contributed by atoms with E-state index in [4.69, 9.17) is 36.8 Å². The van der Waals surface area contributed by atoms with Crippen molar-refractivity contribution < 1.29 is 28.9 Å². The van der Waals surface area contributed by atoms with E-state index in [-0.39, 0.29) is 35.3 Å². The highest BCUT2D eigenvalue weighted by atomic mass is 32.2. The number of phenolic OH excluding ortho intramolecular Hbond substituents is 1. The topological polar surface area (TPSA) is 178 Å². The smallest absolute Gasteiger partial charge is 0.336 e. The number of aromatic carboxylic acids is 1. The molecule has 5 N–H and O–H groups in total. The lowest BCUT2D eigenvalue weighted by Crippen LogP contribution is -2.40. The number of carboxylic acids is 1. The summed E-state index contributed by atoms with van der Waals surface area (Å²) in [5.41, 5.74) is 10.9. The van der Waals surface area contributed by atoms with Crippen LogP contribution in [0.3, 0.4) is 0 Å². The molecule has 3 aromatic carbocycles. The highest BCUT2D eigenvalue weighted by molar-refractivity contribution is 7.99. The number of nitrogens with one attached hydrogen (secondary N) is 1. The van der Waals surface area contributed by atoms with Crippen LogP contribution in [-0.4, -0.2) is 60.1 Å². The van der Waals surface area contributed by atoms with Crippen molar-refractivity contribution in [2.75, 3.05) is 24.4 Å². The molecule has 0 unspecified atom stereocenters. The number of hydrogen-bond acceptors (Lipinski definition) is 11. The van der Waals surface area contributed by atoms with Gasteiger partial charge in [0.05, 0.1) is 11.1 Å². The average molecular weight is 789 g/mol. The predicted octanol–water partition coefficient (Wildman–Crippen LogP) is 7.98. The van der Waals surface area contributed by atoms with E-state index in [2.05, 4.69) is 19.8 Å². The zero-order valence-electron chi connectivity index (χ0n) is 30.5. The first-order valence-electron chi connectivity index (χ1n) is 17.8. The van der Waals surface area contributed by atoms with E-state index in [9.17, 15) is 19.8 Å². The van der Waals surface area contributed by atoms with Gasteiger partial charge in [0.2, 0.25) is 6.79 Å². The minimum atomic E-state index is -1.15. The Hall–Kier alpha value is -6.32. The number of nitrogens with two attached hydrogens (primary N) is 1.